The zero-order valence-electron chi connectivity index (χ0n) is 18.8. The fourth-order valence-corrected chi connectivity index (χ4v) is 3.24. The monoisotopic (exact) mass is 454 g/mol. The van der Waals surface area contributed by atoms with Crippen LogP contribution in [0.3, 0.4) is 0 Å². The summed E-state index contributed by atoms with van der Waals surface area (Å²) in [6.45, 7) is 2.89. The lowest BCUT2D eigenvalue weighted by molar-refractivity contribution is -0.384. The Labute approximate surface area is 191 Å². The molecule has 0 aliphatic heterocycles. The minimum atomic E-state index is -0.513. The van der Waals surface area contributed by atoms with E-state index in [-0.39, 0.29) is 17.2 Å². The summed E-state index contributed by atoms with van der Waals surface area (Å²) in [4.78, 5) is 29.7. The molecule has 3 aromatic rings. The van der Waals surface area contributed by atoms with Crippen LogP contribution >= 0.6 is 0 Å². The number of methoxy groups -OCH3 is 2. The average Bonchev–Trinajstić information content (AvgIpc) is 3.32. The molecule has 10 heteroatoms. The highest BCUT2D eigenvalue weighted by molar-refractivity contribution is 5.94. The molecule has 2 aromatic carbocycles. The molecule has 3 rings (SSSR count). The number of non-ortho nitro benzene ring substituents is 1. The third-order valence-electron chi connectivity index (χ3n) is 5.05. The van der Waals surface area contributed by atoms with Crippen LogP contribution in [0.15, 0.2) is 47.0 Å². The van der Waals surface area contributed by atoms with E-state index in [2.05, 4.69) is 10.1 Å². The lowest BCUT2D eigenvalue weighted by atomic mass is 10.1. The number of benzene rings is 2. The number of carbonyl (C=O) groups excluding carboxylic acids is 1. The van der Waals surface area contributed by atoms with Crippen molar-refractivity contribution in [2.75, 3.05) is 27.3 Å². The van der Waals surface area contributed by atoms with Crippen molar-refractivity contribution < 1.29 is 23.7 Å². The minimum Gasteiger partial charge on any atom is -0.497 e. The predicted molar refractivity (Wildman–Crippen MR) is 120 cm³/mol. The van der Waals surface area contributed by atoms with Gasteiger partial charge in [-0.15, -0.1) is 0 Å². The van der Waals surface area contributed by atoms with Crippen molar-refractivity contribution in [2.24, 2.45) is 0 Å². The molecule has 0 aliphatic carbocycles. The number of amides is 1. The molecule has 0 saturated heterocycles. The largest absolute Gasteiger partial charge is 0.497 e. The number of hydrogen-bond acceptors (Lipinski definition) is 8. The zero-order chi connectivity index (χ0) is 23.8. The maximum Gasteiger partial charge on any atom is 0.270 e. The molecular weight excluding hydrogens is 428 g/mol. The Morgan fingerprint density at radius 2 is 1.85 bits per heavy atom. The summed E-state index contributed by atoms with van der Waals surface area (Å²) in [7, 11) is 3.12. The number of hydrogen-bond donors (Lipinski definition) is 0. The van der Waals surface area contributed by atoms with E-state index in [1.54, 1.807) is 43.4 Å². The van der Waals surface area contributed by atoms with Gasteiger partial charge in [-0.2, -0.15) is 4.98 Å². The molecule has 0 N–H and O–H groups in total. The molecule has 0 unspecified atom stereocenters. The van der Waals surface area contributed by atoms with Gasteiger partial charge in [0.15, 0.2) is 0 Å². The first-order chi connectivity index (χ1) is 15.9. The van der Waals surface area contributed by atoms with Crippen LogP contribution < -0.4 is 9.47 Å². The van der Waals surface area contributed by atoms with Crippen LogP contribution in [-0.4, -0.2) is 53.2 Å². The molecule has 0 bridgehead atoms. The first-order valence-corrected chi connectivity index (χ1v) is 10.5. The van der Waals surface area contributed by atoms with Gasteiger partial charge < -0.3 is 18.9 Å². The molecule has 33 heavy (non-hydrogen) atoms. The highest BCUT2D eigenvalue weighted by atomic mass is 16.6. The molecule has 10 nitrogen and oxygen atoms in total. The first kappa shape index (κ1) is 23.7. The number of unbranched alkanes of at least 4 members (excludes halogenated alkanes) is 1. The van der Waals surface area contributed by atoms with Gasteiger partial charge in [-0.25, -0.2) is 0 Å². The van der Waals surface area contributed by atoms with Gasteiger partial charge in [-0.3, -0.25) is 14.9 Å². The average molecular weight is 454 g/mol. The fraction of sp³-hybridized carbons (Fsp3) is 0.348. The third kappa shape index (κ3) is 6.06. The quantitative estimate of drug-likeness (QED) is 0.313. The lowest BCUT2D eigenvalue weighted by Gasteiger charge is -2.22. The Hall–Kier alpha value is -3.95. The summed E-state index contributed by atoms with van der Waals surface area (Å²) < 4.78 is 15.9. The van der Waals surface area contributed by atoms with Crippen LogP contribution in [0.2, 0.25) is 0 Å². The second-order valence-electron chi connectivity index (χ2n) is 7.32. The number of nitro benzene ring substituents is 1. The van der Waals surface area contributed by atoms with E-state index >= 15 is 0 Å². The molecule has 174 valence electrons. The van der Waals surface area contributed by atoms with Crippen molar-refractivity contribution in [3.05, 3.63) is 64.0 Å². The Morgan fingerprint density at radius 3 is 2.48 bits per heavy atom. The van der Waals surface area contributed by atoms with Gasteiger partial charge in [0.2, 0.25) is 11.7 Å². The van der Waals surface area contributed by atoms with Crippen LogP contribution in [0.25, 0.3) is 11.4 Å². The van der Waals surface area contributed by atoms with Crippen LogP contribution in [-0.2, 0) is 6.42 Å². The number of aromatic nitrogens is 2. The Kier molecular flexibility index (Phi) is 7.96. The van der Waals surface area contributed by atoms with Gasteiger partial charge in [0.25, 0.3) is 11.6 Å². The van der Waals surface area contributed by atoms with Gasteiger partial charge in [0.05, 0.1) is 19.1 Å². The highest BCUT2D eigenvalue weighted by Crippen LogP contribution is 2.28. The molecule has 0 atom stereocenters. The molecule has 0 aliphatic rings. The molecular formula is C23H26N4O6. The van der Waals surface area contributed by atoms with E-state index in [4.69, 9.17) is 14.0 Å². The minimum absolute atomic E-state index is 0.119. The molecule has 1 amide bonds. The number of rotatable bonds is 11. The second kappa shape index (κ2) is 11.1. The maximum atomic E-state index is 13.0. The lowest BCUT2D eigenvalue weighted by Crippen LogP contribution is -2.34. The summed E-state index contributed by atoms with van der Waals surface area (Å²) in [6.07, 6.45) is 2.05. The molecule has 1 aromatic heterocycles. The second-order valence-corrected chi connectivity index (χ2v) is 7.32. The summed E-state index contributed by atoms with van der Waals surface area (Å²) in [6, 6.07) is 11.0. The summed E-state index contributed by atoms with van der Waals surface area (Å²) in [5, 5.41) is 15.1. The predicted octanol–water partition coefficient (Wildman–Crippen LogP) is 4.15. The van der Waals surface area contributed by atoms with Crippen molar-refractivity contribution in [3.8, 4) is 22.9 Å². The van der Waals surface area contributed by atoms with E-state index < -0.39 is 4.92 Å². The van der Waals surface area contributed by atoms with Crippen LogP contribution in [0.1, 0.15) is 36.0 Å². The van der Waals surface area contributed by atoms with Crippen molar-refractivity contribution in [2.45, 2.75) is 26.2 Å². The first-order valence-electron chi connectivity index (χ1n) is 10.5. The number of ether oxygens (including phenoxy) is 2. The van der Waals surface area contributed by atoms with Crippen LogP contribution in [0.4, 0.5) is 5.69 Å². The van der Waals surface area contributed by atoms with Gasteiger partial charge in [0.1, 0.15) is 11.5 Å². The number of nitro groups is 1. The van der Waals surface area contributed by atoms with Gasteiger partial charge >= 0.3 is 0 Å². The van der Waals surface area contributed by atoms with Crippen molar-refractivity contribution >= 4 is 11.6 Å². The normalized spacial score (nSPS) is 10.6. The third-order valence-corrected chi connectivity index (χ3v) is 5.05. The van der Waals surface area contributed by atoms with Crippen LogP contribution in [0.5, 0.6) is 11.5 Å². The Bertz CT molecular complexity index is 1090. The van der Waals surface area contributed by atoms with Gasteiger partial charge in [0, 0.05) is 48.8 Å². The van der Waals surface area contributed by atoms with Gasteiger partial charge in [-0.05, 0) is 24.6 Å². The van der Waals surface area contributed by atoms with E-state index in [1.807, 2.05) is 6.92 Å². The summed E-state index contributed by atoms with van der Waals surface area (Å²) >= 11 is 0. The fourth-order valence-electron chi connectivity index (χ4n) is 3.24. The maximum absolute atomic E-state index is 13.0. The smallest absolute Gasteiger partial charge is 0.270 e. The van der Waals surface area contributed by atoms with Crippen molar-refractivity contribution in [1.82, 2.24) is 15.0 Å². The Balaban J connectivity index is 1.74. The SMILES string of the molecule is CCCCN(CCc1nc(-c2cc(OC)cc(OC)c2)no1)C(=O)c1cccc([N+](=O)[O-])c1. The van der Waals surface area contributed by atoms with Gasteiger partial charge in [-0.1, -0.05) is 24.6 Å². The highest BCUT2D eigenvalue weighted by Gasteiger charge is 2.19. The van der Waals surface area contributed by atoms with E-state index in [0.717, 1.165) is 12.8 Å². The summed E-state index contributed by atoms with van der Waals surface area (Å²) in [5.41, 5.74) is 0.832. The standard InChI is InChI=1S/C23H26N4O6/c1-4-5-10-26(23(28)16-7-6-8-18(12-16)27(29)30)11-9-21-24-22(25-33-21)17-13-19(31-2)15-20(14-17)32-3/h6-8,12-15H,4-5,9-11H2,1-3H3. The molecule has 1 heterocycles. The topological polar surface area (TPSA) is 121 Å². The number of nitrogens with zero attached hydrogens (tertiary/aromatic N) is 4. The van der Waals surface area contributed by atoms with Crippen molar-refractivity contribution in [1.29, 1.82) is 0 Å². The Morgan fingerprint density at radius 1 is 1.12 bits per heavy atom. The van der Waals surface area contributed by atoms with E-state index in [1.165, 1.54) is 18.2 Å². The van der Waals surface area contributed by atoms with E-state index in [0.29, 0.717) is 48.3 Å². The molecule has 0 spiro atoms. The summed E-state index contributed by atoms with van der Waals surface area (Å²) in [5.74, 6) is 1.69. The van der Waals surface area contributed by atoms with E-state index in [9.17, 15) is 14.9 Å². The van der Waals surface area contributed by atoms with Crippen LogP contribution in [0, 0.1) is 10.1 Å². The molecule has 0 saturated carbocycles. The zero-order valence-corrected chi connectivity index (χ0v) is 18.8. The molecule has 0 fully saturated rings. The molecule has 0 radical (unpaired) electrons. The number of carbonyl (C=O) groups is 1. The van der Waals surface area contributed by atoms with Crippen molar-refractivity contribution in [3.63, 3.8) is 0 Å².